The van der Waals surface area contributed by atoms with E-state index >= 15 is 0 Å². The van der Waals surface area contributed by atoms with Gasteiger partial charge in [-0.25, -0.2) is 4.39 Å². The van der Waals surface area contributed by atoms with Gasteiger partial charge in [-0.05, 0) is 79.0 Å². The predicted octanol–water partition coefficient (Wildman–Crippen LogP) is 8.85. The Hall–Kier alpha value is -1.60. The van der Waals surface area contributed by atoms with E-state index in [1.807, 2.05) is 31.2 Å². The van der Waals surface area contributed by atoms with Crippen molar-refractivity contribution in [1.29, 1.82) is 0 Å². The van der Waals surface area contributed by atoms with E-state index in [9.17, 15) is 4.39 Å². The van der Waals surface area contributed by atoms with Gasteiger partial charge >= 0.3 is 0 Å². The summed E-state index contributed by atoms with van der Waals surface area (Å²) in [5.41, 5.74) is 4.97. The summed E-state index contributed by atoms with van der Waals surface area (Å²) in [6, 6.07) is 12.0. The van der Waals surface area contributed by atoms with Crippen molar-refractivity contribution in [2.45, 2.75) is 65.2 Å². The predicted molar refractivity (Wildman–Crippen MR) is 123 cm³/mol. The number of aryl methyl sites for hydroxylation is 1. The van der Waals surface area contributed by atoms with Crippen LogP contribution in [0.25, 0.3) is 16.7 Å². The summed E-state index contributed by atoms with van der Waals surface area (Å²) >= 11 is 6.10. The first-order chi connectivity index (χ1) is 14.1. The fourth-order valence-electron chi connectivity index (χ4n) is 5.35. The normalized spacial score (nSPS) is 25.0. The van der Waals surface area contributed by atoms with Crippen molar-refractivity contribution in [3.8, 4) is 11.1 Å². The first kappa shape index (κ1) is 20.7. The van der Waals surface area contributed by atoms with Gasteiger partial charge in [-0.15, -0.1) is 0 Å². The summed E-state index contributed by atoms with van der Waals surface area (Å²) in [6.45, 7) is 4.17. The molecule has 2 heteroatoms. The highest BCUT2D eigenvalue weighted by Crippen LogP contribution is 2.42. The van der Waals surface area contributed by atoms with Crippen molar-refractivity contribution >= 4 is 17.2 Å². The van der Waals surface area contributed by atoms with Crippen LogP contribution < -0.4 is 0 Å². The first-order valence-corrected chi connectivity index (χ1v) is 11.7. The van der Waals surface area contributed by atoms with Gasteiger partial charge < -0.3 is 0 Å². The van der Waals surface area contributed by atoms with Crippen LogP contribution in [0.4, 0.5) is 4.39 Å². The molecular weight excluding hydrogens is 379 g/mol. The number of hydrogen-bond acceptors (Lipinski definition) is 0. The topological polar surface area (TPSA) is 0 Å². The van der Waals surface area contributed by atoms with Crippen LogP contribution in [0, 0.1) is 30.5 Å². The van der Waals surface area contributed by atoms with Gasteiger partial charge in [0.1, 0.15) is 5.82 Å². The molecule has 0 saturated heterocycles. The lowest BCUT2D eigenvalue weighted by molar-refractivity contribution is 0.192. The van der Waals surface area contributed by atoms with E-state index in [0.29, 0.717) is 5.56 Å². The summed E-state index contributed by atoms with van der Waals surface area (Å²) in [5, 5.41) is 0.223. The van der Waals surface area contributed by atoms with Crippen molar-refractivity contribution < 1.29 is 4.39 Å². The second-order valence-corrected chi connectivity index (χ2v) is 9.47. The van der Waals surface area contributed by atoms with Gasteiger partial charge in [-0.3, -0.25) is 0 Å². The molecule has 0 N–H and O–H groups in total. The number of halogens is 2. The monoisotopic (exact) mass is 410 g/mol. The molecule has 0 aliphatic heterocycles. The van der Waals surface area contributed by atoms with E-state index in [1.54, 1.807) is 0 Å². The Bertz CT molecular complexity index is 872. The highest BCUT2D eigenvalue weighted by molar-refractivity contribution is 6.31. The molecular formula is C27H32ClF. The van der Waals surface area contributed by atoms with E-state index in [2.05, 4.69) is 25.1 Å². The standard InChI is InChI=1S/C27H32ClF/c1-3-19-5-7-20(8-6-19)21-9-11-22(12-10-21)23-13-15-24(16-14-23)25-17-4-18(2)26(28)27(25)29/h4,11,13-17,19-21H,3,5-10,12H2,1-2H3. The number of allylic oxidation sites excluding steroid dienone is 2. The summed E-state index contributed by atoms with van der Waals surface area (Å²) in [5.74, 6) is 2.47. The lowest BCUT2D eigenvalue weighted by Crippen LogP contribution is -2.22. The minimum absolute atomic E-state index is 0.223. The third-order valence-corrected chi connectivity index (χ3v) is 7.89. The Labute approximate surface area is 180 Å². The average molecular weight is 411 g/mol. The summed E-state index contributed by atoms with van der Waals surface area (Å²) in [4.78, 5) is 0. The Kier molecular flexibility index (Phi) is 6.44. The van der Waals surface area contributed by atoms with Crippen molar-refractivity contribution in [3.05, 3.63) is 64.4 Å². The minimum atomic E-state index is -0.322. The molecule has 0 spiro atoms. The molecule has 0 nitrogen and oxygen atoms in total. The van der Waals surface area contributed by atoms with Gasteiger partial charge in [0.25, 0.3) is 0 Å². The van der Waals surface area contributed by atoms with Crippen LogP contribution in [-0.2, 0) is 0 Å². The first-order valence-electron chi connectivity index (χ1n) is 11.3. The van der Waals surface area contributed by atoms with Crippen molar-refractivity contribution in [1.82, 2.24) is 0 Å². The molecule has 154 valence electrons. The van der Waals surface area contributed by atoms with Crippen molar-refractivity contribution in [2.24, 2.45) is 17.8 Å². The molecule has 4 rings (SSSR count). The average Bonchev–Trinajstić information content (AvgIpc) is 2.78. The molecule has 2 aliphatic rings. The molecule has 1 saturated carbocycles. The zero-order valence-electron chi connectivity index (χ0n) is 17.7. The van der Waals surface area contributed by atoms with E-state index in [4.69, 9.17) is 11.6 Å². The highest BCUT2D eigenvalue weighted by Gasteiger charge is 2.28. The van der Waals surface area contributed by atoms with Crippen LogP contribution in [0.5, 0.6) is 0 Å². The molecule has 0 aromatic heterocycles. The highest BCUT2D eigenvalue weighted by atomic mass is 35.5. The zero-order chi connectivity index (χ0) is 20.4. The van der Waals surface area contributed by atoms with E-state index in [-0.39, 0.29) is 10.8 Å². The Morgan fingerprint density at radius 3 is 2.21 bits per heavy atom. The summed E-state index contributed by atoms with van der Waals surface area (Å²) < 4.78 is 14.5. The van der Waals surface area contributed by atoms with Gasteiger partial charge in [-0.2, -0.15) is 0 Å². The maximum Gasteiger partial charge on any atom is 0.149 e. The lowest BCUT2D eigenvalue weighted by atomic mass is 9.70. The van der Waals surface area contributed by atoms with Crippen LogP contribution in [0.15, 0.2) is 42.5 Å². The summed E-state index contributed by atoms with van der Waals surface area (Å²) in [6.07, 6.45) is 13.3. The van der Waals surface area contributed by atoms with Gasteiger partial charge in [0.05, 0.1) is 5.02 Å². The second kappa shape index (κ2) is 9.04. The molecule has 0 radical (unpaired) electrons. The Balaban J connectivity index is 1.43. The molecule has 0 heterocycles. The van der Waals surface area contributed by atoms with Gasteiger partial charge in [0.2, 0.25) is 0 Å². The lowest BCUT2D eigenvalue weighted by Gasteiger charge is -2.35. The molecule has 2 aromatic rings. The Morgan fingerprint density at radius 2 is 1.59 bits per heavy atom. The third kappa shape index (κ3) is 4.45. The third-order valence-electron chi connectivity index (χ3n) is 7.43. The molecule has 29 heavy (non-hydrogen) atoms. The van der Waals surface area contributed by atoms with E-state index in [0.717, 1.165) is 28.9 Å². The molecule has 2 aromatic carbocycles. The molecule has 0 amide bonds. The van der Waals surface area contributed by atoms with Crippen molar-refractivity contribution in [2.75, 3.05) is 0 Å². The van der Waals surface area contributed by atoms with Crippen LogP contribution in [0.1, 0.15) is 69.4 Å². The van der Waals surface area contributed by atoms with Gasteiger partial charge in [0, 0.05) is 5.56 Å². The Morgan fingerprint density at radius 1 is 0.897 bits per heavy atom. The SMILES string of the molecule is CCC1CCC(C2CC=C(c3ccc(-c4ccc(C)c(Cl)c4F)cc3)CC2)CC1. The van der Waals surface area contributed by atoms with Crippen molar-refractivity contribution in [3.63, 3.8) is 0 Å². The van der Waals surface area contributed by atoms with Crippen LogP contribution in [0.2, 0.25) is 5.02 Å². The minimum Gasteiger partial charge on any atom is -0.205 e. The molecule has 1 atom stereocenters. The largest absolute Gasteiger partial charge is 0.205 e. The number of rotatable bonds is 4. The summed E-state index contributed by atoms with van der Waals surface area (Å²) in [7, 11) is 0. The van der Waals surface area contributed by atoms with E-state index < -0.39 is 0 Å². The fourth-order valence-corrected chi connectivity index (χ4v) is 5.51. The van der Waals surface area contributed by atoms with E-state index in [1.165, 1.54) is 62.5 Å². The molecule has 2 aliphatic carbocycles. The van der Waals surface area contributed by atoms with Crippen LogP contribution in [-0.4, -0.2) is 0 Å². The maximum atomic E-state index is 14.5. The zero-order valence-corrected chi connectivity index (χ0v) is 18.4. The quantitative estimate of drug-likeness (QED) is 0.472. The van der Waals surface area contributed by atoms with Gasteiger partial charge in [0.15, 0.2) is 0 Å². The smallest absolute Gasteiger partial charge is 0.149 e. The fraction of sp³-hybridized carbons (Fsp3) is 0.481. The number of benzene rings is 2. The number of hydrogen-bond donors (Lipinski definition) is 0. The molecule has 1 unspecified atom stereocenters. The maximum absolute atomic E-state index is 14.5. The molecule has 1 fully saturated rings. The van der Waals surface area contributed by atoms with Gasteiger partial charge in [-0.1, -0.05) is 80.3 Å². The molecule has 0 bridgehead atoms. The van der Waals surface area contributed by atoms with Crippen LogP contribution in [0.3, 0.4) is 0 Å². The van der Waals surface area contributed by atoms with Crippen LogP contribution >= 0.6 is 11.6 Å². The second-order valence-electron chi connectivity index (χ2n) is 9.09.